The molecule has 0 spiro atoms. The molecule has 5 rings (SSSR count). The smallest absolute Gasteiger partial charge is 0.240 e. The first-order chi connectivity index (χ1) is 14.7. The molecule has 1 N–H and O–H groups in total. The number of hydrogen-bond donors (Lipinski definition) is 1. The van der Waals surface area contributed by atoms with E-state index < -0.39 is 6.10 Å². The van der Waals surface area contributed by atoms with Crippen LogP contribution in [0.25, 0.3) is 0 Å². The second-order valence-corrected chi connectivity index (χ2v) is 8.27. The zero-order valence-corrected chi connectivity index (χ0v) is 17.0. The predicted octanol–water partition coefficient (Wildman–Crippen LogP) is 1.64. The zero-order valence-electron chi connectivity index (χ0n) is 17.0. The molecule has 0 radical (unpaired) electrons. The highest BCUT2D eigenvalue weighted by atomic mass is 16.7. The number of benzene rings is 1. The molecule has 1 aliphatic carbocycles. The molecular weight excluding hydrogens is 390 g/mol. The summed E-state index contributed by atoms with van der Waals surface area (Å²) < 4.78 is 27.3. The lowest BCUT2D eigenvalue weighted by Gasteiger charge is -2.35. The van der Waals surface area contributed by atoms with Crippen LogP contribution in [0.3, 0.4) is 0 Å². The van der Waals surface area contributed by atoms with Gasteiger partial charge in [-0.25, -0.2) is 0 Å². The summed E-state index contributed by atoms with van der Waals surface area (Å²) >= 11 is 0. The molecule has 30 heavy (non-hydrogen) atoms. The number of aliphatic hydroxyl groups is 1. The van der Waals surface area contributed by atoms with E-state index in [9.17, 15) is 5.11 Å². The van der Waals surface area contributed by atoms with Crippen LogP contribution in [0.1, 0.15) is 24.6 Å². The molecule has 1 saturated heterocycles. The Labute approximate surface area is 174 Å². The van der Waals surface area contributed by atoms with E-state index in [1.165, 1.54) is 0 Å². The van der Waals surface area contributed by atoms with Crippen LogP contribution < -0.4 is 14.2 Å². The van der Waals surface area contributed by atoms with E-state index in [0.29, 0.717) is 54.6 Å². The lowest BCUT2D eigenvalue weighted by molar-refractivity contribution is -0.0232. The summed E-state index contributed by atoms with van der Waals surface area (Å²) in [6.07, 6.45) is 1.49. The molecule has 9 heteroatoms. The van der Waals surface area contributed by atoms with Crippen LogP contribution in [-0.4, -0.2) is 66.0 Å². The Morgan fingerprint density at radius 2 is 2.00 bits per heavy atom. The zero-order chi connectivity index (χ0) is 20.5. The SMILES string of the molecule is COCCc1noc(CN2C[C@H]3C[C@@H](Oc4ccc5c(c4)OCO5)[C@H](O)C[C@H]3C2)n1. The summed E-state index contributed by atoms with van der Waals surface area (Å²) in [4.78, 5) is 6.78. The highest BCUT2D eigenvalue weighted by molar-refractivity contribution is 5.47. The number of hydrogen-bond acceptors (Lipinski definition) is 9. The fraction of sp³-hybridized carbons (Fsp3) is 0.619. The van der Waals surface area contributed by atoms with Gasteiger partial charge >= 0.3 is 0 Å². The second kappa shape index (κ2) is 8.41. The third-order valence-corrected chi connectivity index (χ3v) is 6.19. The van der Waals surface area contributed by atoms with Gasteiger partial charge in [-0.05, 0) is 36.8 Å². The minimum atomic E-state index is -0.485. The van der Waals surface area contributed by atoms with E-state index in [1.54, 1.807) is 7.11 Å². The maximum atomic E-state index is 10.7. The standard InChI is InChI=1S/C21H27N3O6/c1-26-5-4-20-22-21(30-23-20)11-24-9-13-6-16(25)18(7-14(13)10-24)29-15-2-3-17-19(8-15)28-12-27-17/h2-3,8,13-14,16,18,25H,4-7,9-12H2,1H3/t13-,14+,16+,18+/m0/s1. The van der Waals surface area contributed by atoms with Crippen LogP contribution in [0.15, 0.2) is 22.7 Å². The van der Waals surface area contributed by atoms with Gasteiger partial charge in [0.25, 0.3) is 0 Å². The quantitative estimate of drug-likeness (QED) is 0.721. The van der Waals surface area contributed by atoms with Crippen molar-refractivity contribution in [2.45, 2.75) is 38.0 Å². The van der Waals surface area contributed by atoms with Crippen molar-refractivity contribution >= 4 is 0 Å². The molecule has 9 nitrogen and oxygen atoms in total. The molecule has 1 aromatic carbocycles. The molecule has 162 valence electrons. The molecule has 1 aromatic heterocycles. The molecule has 2 aliphatic heterocycles. The molecule has 0 unspecified atom stereocenters. The van der Waals surface area contributed by atoms with Crippen molar-refractivity contribution in [3.63, 3.8) is 0 Å². The Morgan fingerprint density at radius 1 is 1.17 bits per heavy atom. The number of nitrogens with zero attached hydrogens (tertiary/aromatic N) is 3. The van der Waals surface area contributed by atoms with Crippen molar-refractivity contribution in [2.75, 3.05) is 33.6 Å². The molecular formula is C21H27N3O6. The fourth-order valence-electron chi connectivity index (χ4n) is 4.71. The molecule has 0 bridgehead atoms. The van der Waals surface area contributed by atoms with Crippen molar-refractivity contribution in [3.05, 3.63) is 29.9 Å². The highest BCUT2D eigenvalue weighted by Gasteiger charge is 2.43. The lowest BCUT2D eigenvalue weighted by atomic mass is 9.78. The van der Waals surface area contributed by atoms with E-state index in [0.717, 1.165) is 31.7 Å². The van der Waals surface area contributed by atoms with Gasteiger partial charge in [0.2, 0.25) is 12.7 Å². The van der Waals surface area contributed by atoms with E-state index in [1.807, 2.05) is 18.2 Å². The number of likely N-dealkylation sites (tertiary alicyclic amines) is 1. The first kappa shape index (κ1) is 19.6. The predicted molar refractivity (Wildman–Crippen MR) is 104 cm³/mol. The lowest BCUT2D eigenvalue weighted by Crippen LogP contribution is -2.42. The summed E-state index contributed by atoms with van der Waals surface area (Å²) in [5.74, 6) is 4.35. The maximum Gasteiger partial charge on any atom is 0.240 e. The van der Waals surface area contributed by atoms with E-state index in [4.69, 9.17) is 23.5 Å². The van der Waals surface area contributed by atoms with Gasteiger partial charge in [0.15, 0.2) is 17.3 Å². The van der Waals surface area contributed by atoms with E-state index in [-0.39, 0.29) is 12.9 Å². The van der Waals surface area contributed by atoms with Gasteiger partial charge in [0.05, 0.1) is 19.3 Å². The van der Waals surface area contributed by atoms with Crippen LogP contribution in [0.5, 0.6) is 17.2 Å². The van der Waals surface area contributed by atoms with Crippen molar-refractivity contribution in [3.8, 4) is 17.2 Å². The molecule has 4 atom stereocenters. The van der Waals surface area contributed by atoms with Gasteiger partial charge in [0.1, 0.15) is 11.9 Å². The monoisotopic (exact) mass is 417 g/mol. The van der Waals surface area contributed by atoms with Gasteiger partial charge in [0, 0.05) is 32.7 Å². The van der Waals surface area contributed by atoms with Crippen LogP contribution in [0.2, 0.25) is 0 Å². The largest absolute Gasteiger partial charge is 0.488 e. The fourth-order valence-corrected chi connectivity index (χ4v) is 4.71. The van der Waals surface area contributed by atoms with Crippen molar-refractivity contribution in [1.29, 1.82) is 0 Å². The van der Waals surface area contributed by atoms with Gasteiger partial charge in [-0.1, -0.05) is 5.16 Å². The molecule has 0 amide bonds. The average Bonchev–Trinajstić information content (AvgIpc) is 3.46. The third kappa shape index (κ3) is 4.10. The van der Waals surface area contributed by atoms with Gasteiger partial charge in [-0.15, -0.1) is 0 Å². The van der Waals surface area contributed by atoms with Gasteiger partial charge in [-0.2, -0.15) is 4.98 Å². The molecule has 3 aliphatic rings. The Morgan fingerprint density at radius 3 is 2.87 bits per heavy atom. The van der Waals surface area contributed by atoms with Crippen LogP contribution in [0.4, 0.5) is 0 Å². The molecule has 2 fully saturated rings. The molecule has 3 heterocycles. The average molecular weight is 417 g/mol. The van der Waals surface area contributed by atoms with Crippen LogP contribution in [0, 0.1) is 11.8 Å². The molecule has 1 saturated carbocycles. The first-order valence-electron chi connectivity index (χ1n) is 10.4. The van der Waals surface area contributed by atoms with E-state index in [2.05, 4.69) is 15.0 Å². The number of rotatable bonds is 7. The Balaban J connectivity index is 1.17. The number of fused-ring (bicyclic) bond motifs is 2. The van der Waals surface area contributed by atoms with Crippen molar-refractivity contribution in [1.82, 2.24) is 15.0 Å². The summed E-state index contributed by atoms with van der Waals surface area (Å²) in [7, 11) is 1.66. The minimum Gasteiger partial charge on any atom is -0.488 e. The Kier molecular flexibility index (Phi) is 5.49. The Hall–Kier alpha value is -2.36. The third-order valence-electron chi connectivity index (χ3n) is 6.19. The van der Waals surface area contributed by atoms with Crippen molar-refractivity contribution in [2.24, 2.45) is 11.8 Å². The summed E-state index contributed by atoms with van der Waals surface area (Å²) in [5, 5.41) is 14.7. The molecule has 2 aromatic rings. The number of ether oxygens (including phenoxy) is 4. The Bertz CT molecular complexity index is 874. The van der Waals surface area contributed by atoms with Gasteiger partial charge < -0.3 is 28.6 Å². The topological polar surface area (TPSA) is 99.3 Å². The normalized spacial score (nSPS) is 27.9. The first-order valence-corrected chi connectivity index (χ1v) is 10.4. The summed E-state index contributed by atoms with van der Waals surface area (Å²) in [6, 6.07) is 5.54. The van der Waals surface area contributed by atoms with E-state index >= 15 is 0 Å². The van der Waals surface area contributed by atoms with Gasteiger partial charge in [-0.3, -0.25) is 4.90 Å². The number of methoxy groups -OCH3 is 1. The number of aliphatic hydroxyl groups excluding tert-OH is 1. The highest BCUT2D eigenvalue weighted by Crippen LogP contribution is 2.40. The van der Waals surface area contributed by atoms with Crippen LogP contribution in [-0.2, 0) is 17.7 Å². The number of aromatic nitrogens is 2. The van der Waals surface area contributed by atoms with Crippen molar-refractivity contribution < 1.29 is 28.6 Å². The second-order valence-electron chi connectivity index (χ2n) is 8.27. The summed E-state index contributed by atoms with van der Waals surface area (Å²) in [5.41, 5.74) is 0. The minimum absolute atomic E-state index is 0.226. The maximum absolute atomic E-state index is 10.7. The van der Waals surface area contributed by atoms with Crippen LogP contribution >= 0.6 is 0 Å². The summed E-state index contributed by atoms with van der Waals surface area (Å²) in [6.45, 7) is 3.31.